The zero-order valence-electron chi connectivity index (χ0n) is 14.6. The van der Waals surface area contributed by atoms with E-state index in [-0.39, 0.29) is 18.0 Å². The number of thioether (sulfide) groups is 1. The molecule has 0 fully saturated rings. The molecule has 1 N–H and O–H groups in total. The van der Waals surface area contributed by atoms with Crippen molar-refractivity contribution >= 4 is 28.4 Å². The van der Waals surface area contributed by atoms with Crippen LogP contribution in [0, 0.1) is 11.3 Å². The lowest BCUT2D eigenvalue weighted by molar-refractivity contribution is -0.121. The number of nitrogens with one attached hydrogen (secondary N) is 1. The summed E-state index contributed by atoms with van der Waals surface area (Å²) < 4.78 is 1.17. The summed E-state index contributed by atoms with van der Waals surface area (Å²) in [7, 11) is 0. The third-order valence-corrected chi connectivity index (χ3v) is 5.03. The molecule has 0 radical (unpaired) electrons. The molecule has 136 valence electrons. The zero-order chi connectivity index (χ0) is 19.1. The maximum atomic E-state index is 12.3. The average molecular weight is 378 g/mol. The van der Waals surface area contributed by atoms with E-state index in [0.717, 1.165) is 10.9 Å². The second-order valence-corrected chi connectivity index (χ2v) is 6.97. The first-order valence-electron chi connectivity index (χ1n) is 8.46. The van der Waals surface area contributed by atoms with Crippen molar-refractivity contribution in [3.05, 3.63) is 76.2 Å². The van der Waals surface area contributed by atoms with Crippen molar-refractivity contribution in [3.63, 3.8) is 0 Å². The van der Waals surface area contributed by atoms with Gasteiger partial charge in [-0.2, -0.15) is 22.1 Å². The highest BCUT2D eigenvalue weighted by Gasteiger charge is 2.08. The van der Waals surface area contributed by atoms with Crippen LogP contribution in [-0.4, -0.2) is 28.0 Å². The number of rotatable bonds is 7. The van der Waals surface area contributed by atoms with Gasteiger partial charge in [0.25, 0.3) is 5.56 Å². The number of aromatic nitrogens is 2. The monoisotopic (exact) mass is 378 g/mol. The predicted octanol–water partition coefficient (Wildman–Crippen LogP) is 2.32. The summed E-state index contributed by atoms with van der Waals surface area (Å²) in [5.41, 5.74) is 1.39. The van der Waals surface area contributed by atoms with Gasteiger partial charge in [-0.25, -0.2) is 4.68 Å². The number of hydrogen-bond acceptors (Lipinski definition) is 5. The van der Waals surface area contributed by atoms with Crippen LogP contribution in [0.4, 0.5) is 0 Å². The molecule has 3 aromatic rings. The minimum Gasteiger partial charge on any atom is -0.354 e. The summed E-state index contributed by atoms with van der Waals surface area (Å²) in [5, 5.41) is 17.2. The van der Waals surface area contributed by atoms with Gasteiger partial charge < -0.3 is 5.32 Å². The van der Waals surface area contributed by atoms with E-state index >= 15 is 0 Å². The van der Waals surface area contributed by atoms with Crippen molar-refractivity contribution in [3.8, 4) is 6.07 Å². The number of nitriles is 1. The number of carbonyl (C=O) groups is 1. The van der Waals surface area contributed by atoms with Crippen LogP contribution in [0.15, 0.2) is 59.5 Å². The first kappa shape index (κ1) is 18.7. The zero-order valence-corrected chi connectivity index (χ0v) is 15.4. The highest BCUT2D eigenvalue weighted by molar-refractivity contribution is 7.98. The number of carbonyl (C=O) groups excluding carboxylic acids is 1. The molecule has 0 unspecified atom stereocenters. The molecule has 0 saturated heterocycles. The molecule has 0 aliphatic carbocycles. The fraction of sp³-hybridized carbons (Fsp3) is 0.200. The third kappa shape index (κ3) is 4.74. The summed E-state index contributed by atoms with van der Waals surface area (Å²) in [5.74, 6) is 1.18. The highest BCUT2D eigenvalue weighted by Crippen LogP contribution is 2.15. The van der Waals surface area contributed by atoms with Crippen molar-refractivity contribution in [2.75, 3.05) is 12.3 Å². The molecule has 7 heteroatoms. The second kappa shape index (κ2) is 9.01. The Bertz CT molecular complexity index is 1060. The minimum atomic E-state index is -0.272. The lowest BCUT2D eigenvalue weighted by atomic mass is 10.1. The minimum absolute atomic E-state index is 0.106. The quantitative estimate of drug-likeness (QED) is 0.638. The topological polar surface area (TPSA) is 87.8 Å². The molecule has 0 aliphatic rings. The molecule has 1 amide bonds. The van der Waals surface area contributed by atoms with Gasteiger partial charge in [0.2, 0.25) is 5.91 Å². The lowest BCUT2D eigenvalue weighted by Crippen LogP contribution is -2.34. The molecule has 1 heterocycles. The standard InChI is InChI=1S/C20H18N4O2S/c21-11-15-5-1-2-7-17(15)14-27-10-9-22-19(25)13-24-20(26)18-8-4-3-6-16(18)12-23-24/h1-8,12H,9-10,13-14H2,(H,22,25). The Morgan fingerprint density at radius 3 is 2.81 bits per heavy atom. The van der Waals surface area contributed by atoms with E-state index in [1.54, 1.807) is 36.2 Å². The van der Waals surface area contributed by atoms with Gasteiger partial charge in [0.15, 0.2) is 0 Å². The van der Waals surface area contributed by atoms with Crippen LogP contribution in [0.2, 0.25) is 0 Å². The van der Waals surface area contributed by atoms with Gasteiger partial charge >= 0.3 is 0 Å². The molecular formula is C20H18N4O2S. The Morgan fingerprint density at radius 2 is 1.96 bits per heavy atom. The van der Waals surface area contributed by atoms with Gasteiger partial charge in [0, 0.05) is 23.4 Å². The van der Waals surface area contributed by atoms with Crippen molar-refractivity contribution in [1.29, 1.82) is 5.26 Å². The average Bonchev–Trinajstić information content (AvgIpc) is 2.70. The Labute approximate surface area is 160 Å². The Hall–Kier alpha value is -3.11. The molecule has 0 spiro atoms. The molecule has 2 aromatic carbocycles. The summed E-state index contributed by atoms with van der Waals surface area (Å²) in [6, 6.07) is 16.8. The van der Waals surface area contributed by atoms with Crippen LogP contribution in [-0.2, 0) is 17.1 Å². The Kier molecular flexibility index (Phi) is 6.23. The van der Waals surface area contributed by atoms with Crippen LogP contribution >= 0.6 is 11.8 Å². The molecule has 27 heavy (non-hydrogen) atoms. The fourth-order valence-corrected chi connectivity index (χ4v) is 3.49. The molecule has 6 nitrogen and oxygen atoms in total. The van der Waals surface area contributed by atoms with Gasteiger partial charge in [0.05, 0.1) is 23.2 Å². The molecule has 0 atom stereocenters. The summed E-state index contributed by atoms with van der Waals surface area (Å²) in [6.45, 7) is 0.381. The van der Waals surface area contributed by atoms with Gasteiger partial charge in [-0.1, -0.05) is 36.4 Å². The first-order valence-corrected chi connectivity index (χ1v) is 9.62. The lowest BCUT2D eigenvalue weighted by Gasteiger charge is -2.08. The maximum absolute atomic E-state index is 12.3. The summed E-state index contributed by atoms with van der Waals surface area (Å²) in [4.78, 5) is 24.4. The van der Waals surface area contributed by atoms with E-state index in [2.05, 4.69) is 16.5 Å². The van der Waals surface area contributed by atoms with Crippen molar-refractivity contribution in [2.24, 2.45) is 0 Å². The van der Waals surface area contributed by atoms with Gasteiger partial charge in [-0.15, -0.1) is 0 Å². The fourth-order valence-electron chi connectivity index (χ4n) is 2.63. The Morgan fingerprint density at radius 1 is 1.19 bits per heavy atom. The van der Waals surface area contributed by atoms with Crippen LogP contribution in [0.1, 0.15) is 11.1 Å². The number of amides is 1. The Balaban J connectivity index is 1.47. The number of benzene rings is 2. The van der Waals surface area contributed by atoms with E-state index in [4.69, 9.17) is 5.26 Å². The van der Waals surface area contributed by atoms with E-state index in [1.165, 1.54) is 4.68 Å². The molecule has 3 rings (SSSR count). The summed E-state index contributed by atoms with van der Waals surface area (Å²) >= 11 is 1.64. The van der Waals surface area contributed by atoms with Crippen molar-refractivity contribution in [1.82, 2.24) is 15.1 Å². The molecule has 0 bridgehead atoms. The third-order valence-electron chi connectivity index (χ3n) is 4.02. The normalized spacial score (nSPS) is 10.5. The summed E-state index contributed by atoms with van der Waals surface area (Å²) in [6.07, 6.45) is 1.59. The number of hydrogen-bond donors (Lipinski definition) is 1. The molecule has 0 aliphatic heterocycles. The van der Waals surface area contributed by atoms with E-state index in [1.807, 2.05) is 30.3 Å². The van der Waals surface area contributed by atoms with E-state index in [9.17, 15) is 9.59 Å². The van der Waals surface area contributed by atoms with E-state index < -0.39 is 0 Å². The molecular weight excluding hydrogens is 360 g/mol. The van der Waals surface area contributed by atoms with Crippen LogP contribution < -0.4 is 10.9 Å². The van der Waals surface area contributed by atoms with Crippen LogP contribution in [0.25, 0.3) is 10.8 Å². The highest BCUT2D eigenvalue weighted by atomic mass is 32.2. The molecule has 0 saturated carbocycles. The predicted molar refractivity (Wildman–Crippen MR) is 106 cm³/mol. The number of fused-ring (bicyclic) bond motifs is 1. The SMILES string of the molecule is N#Cc1ccccc1CSCCNC(=O)Cn1ncc2ccccc2c1=O. The largest absolute Gasteiger partial charge is 0.354 e. The second-order valence-electron chi connectivity index (χ2n) is 5.87. The van der Waals surface area contributed by atoms with Gasteiger partial charge in [0.1, 0.15) is 6.54 Å². The van der Waals surface area contributed by atoms with Crippen LogP contribution in [0.5, 0.6) is 0 Å². The number of nitrogens with zero attached hydrogens (tertiary/aromatic N) is 3. The maximum Gasteiger partial charge on any atom is 0.275 e. The van der Waals surface area contributed by atoms with Crippen molar-refractivity contribution in [2.45, 2.75) is 12.3 Å². The van der Waals surface area contributed by atoms with Gasteiger partial charge in [-0.3, -0.25) is 9.59 Å². The van der Waals surface area contributed by atoms with Crippen LogP contribution in [0.3, 0.4) is 0 Å². The smallest absolute Gasteiger partial charge is 0.275 e. The molecule has 1 aromatic heterocycles. The van der Waals surface area contributed by atoms with Crippen molar-refractivity contribution < 1.29 is 4.79 Å². The van der Waals surface area contributed by atoms with Gasteiger partial charge in [-0.05, 0) is 17.7 Å². The first-order chi connectivity index (χ1) is 13.2. The van der Waals surface area contributed by atoms with E-state index in [0.29, 0.717) is 29.0 Å².